The molecule has 15 rings (SSSR count). The molecule has 0 radical (unpaired) electrons. The number of aliphatic hydroxyl groups excluding tert-OH is 3. The maximum atomic E-state index is 13.8. The van der Waals surface area contributed by atoms with Crippen molar-refractivity contribution < 1.29 is 105 Å². The Kier molecular flexibility index (Phi) is 25.4. The topological polar surface area (TPSA) is 305 Å². The van der Waals surface area contributed by atoms with Gasteiger partial charge in [-0.2, -0.15) is 0 Å². The number of aromatic nitrogens is 3. The molecule has 3 aliphatic heterocycles. The van der Waals surface area contributed by atoms with Crippen molar-refractivity contribution in [2.24, 2.45) is 17.8 Å². The molecule has 0 spiro atoms. The number of alkyl halides is 6. The summed E-state index contributed by atoms with van der Waals surface area (Å²) in [5.74, 6) is -8.42. The van der Waals surface area contributed by atoms with Gasteiger partial charge in [0.25, 0.3) is 19.3 Å². The summed E-state index contributed by atoms with van der Waals surface area (Å²) in [5, 5.41) is 85.4. The first-order chi connectivity index (χ1) is 53.5. The molecule has 113 heavy (non-hydrogen) atoms. The molecule has 3 aliphatic carbocycles. The standard InChI is InChI=1S/2C27H25BrF2N2O5.C24H20BrNO6.C3H7F2N.ClH/c2*1-32(14-20(29)30)25(34)21-22(15-6-4-3-5-7-15)27(16-8-10-17(28)11-9-16)26(35,24(21)33)23-18(36-2)12-31-13-19(23)37-27;1-31-16-11-26-12-17-20(16)23(30)21(27)18(22(28)29)19(13-5-3-2-4-6-13)24(23,32-17)14-7-9-15(25)10-8-14;1-6-2-3(4)5;/h2*3-13,20-22,24,33,35H,14H2,1-2H3;2-12,18-19,21,27,30H,1H3,(H,28,29);3,6H,2H2,1H3;1H/t2*21-,22-,24-,26+,27+;18-,19-,21-,23+,24+;;/m111../s1. The average Bonchev–Trinajstić information content (AvgIpc) is 1.51. The number of carboxylic acids is 1. The number of benzene rings is 6. The third-order valence-corrected chi connectivity index (χ3v) is 23.3. The van der Waals surface area contributed by atoms with Crippen molar-refractivity contribution in [3.8, 4) is 34.5 Å². The molecular weight excluding hydrogens is 1700 g/mol. The smallest absolute Gasteiger partial charge is 0.310 e. The second-order valence-corrected chi connectivity index (χ2v) is 30.3. The van der Waals surface area contributed by atoms with Crippen LogP contribution in [0.1, 0.15) is 67.8 Å². The highest BCUT2D eigenvalue weighted by Crippen LogP contribution is 2.73. The quantitative estimate of drug-likeness (QED) is 0.0370. The number of carboxylic acid groups (broad SMARTS) is 1. The zero-order valence-electron chi connectivity index (χ0n) is 61.0. The predicted octanol–water partition coefficient (Wildman–Crippen LogP) is 11.7. The van der Waals surface area contributed by atoms with Crippen LogP contribution in [-0.2, 0) is 48.0 Å². The van der Waals surface area contributed by atoms with Crippen LogP contribution in [-0.4, -0.2) is 178 Å². The van der Waals surface area contributed by atoms with Gasteiger partial charge < -0.3 is 79.3 Å². The molecule has 2 amide bonds. The van der Waals surface area contributed by atoms with Crippen LogP contribution in [0.15, 0.2) is 214 Å². The molecule has 0 saturated heterocycles. The van der Waals surface area contributed by atoms with Crippen LogP contribution in [0.25, 0.3) is 0 Å². The Balaban J connectivity index is 0.000000161. The summed E-state index contributed by atoms with van der Waals surface area (Å²) in [6, 6.07) is 47.7. The fourth-order valence-corrected chi connectivity index (χ4v) is 18.2. The predicted molar refractivity (Wildman–Crippen MR) is 412 cm³/mol. The minimum absolute atomic E-state index is 0. The monoisotopic (exact) mass is 1780 g/mol. The molecule has 6 heterocycles. The minimum Gasteiger partial charge on any atom is -0.495 e. The average molecular weight is 1780 g/mol. The Morgan fingerprint density at radius 3 is 0.947 bits per heavy atom. The highest BCUT2D eigenvalue weighted by molar-refractivity contribution is 9.11. The van der Waals surface area contributed by atoms with Gasteiger partial charge in [-0.3, -0.25) is 29.3 Å². The largest absolute Gasteiger partial charge is 0.495 e. The van der Waals surface area contributed by atoms with Gasteiger partial charge in [0.15, 0.2) is 33.6 Å². The summed E-state index contributed by atoms with van der Waals surface area (Å²) >= 11 is 10.3. The molecule has 9 aromatic rings. The van der Waals surface area contributed by atoms with E-state index in [-0.39, 0.29) is 70.1 Å². The SMILES string of the molecule is CNCC(F)F.COc1cncc2c1[C@]1(O)[C@H](O)[C@H](C(=O)N(C)CC(F)F)[C@@H](c3ccccc3)[C@]1(c1ccc(Br)cc1)O2.COc1cncc2c1[C@]1(O)[C@H](O)[C@H](C(=O)N(C)CC(F)F)[C@@H](c3ccccc3)[C@]1(c1ccc(Br)cc1)O2.COc1cncc2c1[C@]1(O)[C@H](O)[C@H](C(=O)O)[C@@H](c3ccccc3)[C@]1(c1ccc(Br)cc1)O2.Cl. The van der Waals surface area contributed by atoms with E-state index in [0.29, 0.717) is 33.4 Å². The van der Waals surface area contributed by atoms with E-state index in [1.165, 1.54) is 79.7 Å². The summed E-state index contributed by atoms with van der Waals surface area (Å²) < 4.78 is 113. The van der Waals surface area contributed by atoms with Crippen molar-refractivity contribution in [1.29, 1.82) is 0 Å². The van der Waals surface area contributed by atoms with Gasteiger partial charge in [-0.15, -0.1) is 12.4 Å². The van der Waals surface area contributed by atoms with E-state index in [2.05, 4.69) is 68.1 Å². The molecular formula is C81H78Br3ClF6N6O16. The van der Waals surface area contributed by atoms with E-state index < -0.39 is 138 Å². The number of halogens is 10. The Hall–Kier alpha value is -8.99. The molecule has 0 bridgehead atoms. The fraction of sp³-hybridized carbons (Fsp3) is 0.333. The first-order valence-corrected chi connectivity index (χ1v) is 37.3. The number of carbonyl (C=O) groups excluding carboxylic acids is 2. The van der Waals surface area contributed by atoms with Gasteiger partial charge in [-0.1, -0.05) is 175 Å². The van der Waals surface area contributed by atoms with E-state index >= 15 is 0 Å². The van der Waals surface area contributed by atoms with E-state index in [1.807, 2.05) is 6.07 Å². The van der Waals surface area contributed by atoms with Gasteiger partial charge in [0.2, 0.25) is 11.8 Å². The molecule has 22 nitrogen and oxygen atoms in total. The Bertz CT molecular complexity index is 4670. The Labute approximate surface area is 676 Å². The van der Waals surface area contributed by atoms with Crippen LogP contribution in [0, 0.1) is 17.8 Å². The van der Waals surface area contributed by atoms with Crippen molar-refractivity contribution >= 4 is 78.0 Å². The summed E-state index contributed by atoms with van der Waals surface area (Å²) in [6.07, 6.45) is -4.45. The van der Waals surface area contributed by atoms with Crippen molar-refractivity contribution in [3.63, 3.8) is 0 Å². The number of pyridine rings is 3. The number of aliphatic hydroxyl groups is 6. The molecule has 8 N–H and O–H groups in total. The van der Waals surface area contributed by atoms with Gasteiger partial charge in [0, 0.05) is 45.3 Å². The van der Waals surface area contributed by atoms with E-state index in [0.717, 1.165) is 23.2 Å². The number of methoxy groups -OCH3 is 3. The molecule has 3 aromatic heterocycles. The van der Waals surface area contributed by atoms with E-state index in [4.69, 9.17) is 28.4 Å². The second kappa shape index (κ2) is 33.8. The molecule has 3 saturated carbocycles. The van der Waals surface area contributed by atoms with Crippen LogP contribution in [0.5, 0.6) is 34.5 Å². The lowest BCUT2D eigenvalue weighted by molar-refractivity contribution is -0.159. The number of hydrogen-bond acceptors (Lipinski definition) is 19. The highest BCUT2D eigenvalue weighted by Gasteiger charge is 2.81. The first kappa shape index (κ1) is 84.9. The van der Waals surface area contributed by atoms with Crippen LogP contribution in [0.3, 0.4) is 0 Å². The van der Waals surface area contributed by atoms with Gasteiger partial charge in [-0.25, -0.2) is 26.3 Å². The summed E-state index contributed by atoms with van der Waals surface area (Å²) in [6.45, 7) is -1.85. The van der Waals surface area contributed by atoms with Crippen LogP contribution < -0.4 is 33.7 Å². The number of carbonyl (C=O) groups is 3. The zero-order chi connectivity index (χ0) is 80.7. The number of nitrogens with zero attached hydrogens (tertiary/aromatic N) is 5. The minimum atomic E-state index is -2.77. The zero-order valence-corrected chi connectivity index (χ0v) is 66.5. The van der Waals surface area contributed by atoms with Crippen LogP contribution in [0.2, 0.25) is 0 Å². The van der Waals surface area contributed by atoms with Gasteiger partial charge >= 0.3 is 5.97 Å². The van der Waals surface area contributed by atoms with Crippen LogP contribution in [0.4, 0.5) is 26.3 Å². The fourth-order valence-electron chi connectivity index (χ4n) is 17.4. The van der Waals surface area contributed by atoms with Crippen molar-refractivity contribution in [1.82, 2.24) is 30.1 Å². The Morgan fingerprint density at radius 1 is 0.451 bits per heavy atom. The number of hydrogen-bond donors (Lipinski definition) is 8. The molecule has 6 aliphatic rings. The summed E-state index contributed by atoms with van der Waals surface area (Å²) in [4.78, 5) is 54.2. The lowest BCUT2D eigenvalue weighted by atomic mass is 9.70. The summed E-state index contributed by atoms with van der Waals surface area (Å²) in [7, 11) is 8.22. The first-order valence-electron chi connectivity index (χ1n) is 35.0. The van der Waals surface area contributed by atoms with Gasteiger partial charge in [0.1, 0.15) is 52.8 Å². The summed E-state index contributed by atoms with van der Waals surface area (Å²) in [5.41, 5.74) is -7.83. The maximum Gasteiger partial charge on any atom is 0.310 e. The van der Waals surface area contributed by atoms with E-state index in [9.17, 15) is 76.5 Å². The molecule has 32 heteroatoms. The second-order valence-electron chi connectivity index (χ2n) is 27.6. The highest BCUT2D eigenvalue weighted by atomic mass is 79.9. The molecule has 15 atom stereocenters. The molecule has 6 aromatic carbocycles. The number of ether oxygens (including phenoxy) is 6. The normalized spacial score (nSPS) is 27.4. The number of aliphatic carboxylic acids is 1. The van der Waals surface area contributed by atoms with E-state index in [1.54, 1.807) is 158 Å². The van der Waals surface area contributed by atoms with Crippen molar-refractivity contribution in [2.75, 3.05) is 62.1 Å². The lowest BCUT2D eigenvalue weighted by Gasteiger charge is -2.40. The van der Waals surface area contributed by atoms with Crippen LogP contribution >= 0.6 is 60.2 Å². The number of rotatable bonds is 18. The van der Waals surface area contributed by atoms with Gasteiger partial charge in [0.05, 0.1) is 113 Å². The molecule has 598 valence electrons. The lowest BCUT2D eigenvalue weighted by Crippen LogP contribution is -2.52. The third-order valence-electron chi connectivity index (χ3n) is 21.7. The molecule has 0 unspecified atom stereocenters. The molecule has 3 fully saturated rings. The number of amides is 2. The van der Waals surface area contributed by atoms with Crippen molar-refractivity contribution in [2.45, 2.75) is 88.9 Å². The van der Waals surface area contributed by atoms with Crippen molar-refractivity contribution in [3.05, 3.63) is 264 Å². The third kappa shape index (κ3) is 14.0. The maximum absolute atomic E-state index is 13.8. The van der Waals surface area contributed by atoms with Gasteiger partial charge in [-0.05, 0) is 76.8 Å². The number of fused-ring (bicyclic) bond motifs is 9. The Morgan fingerprint density at radius 2 is 0.717 bits per heavy atom. The number of nitrogens with one attached hydrogen (secondary N) is 1.